The van der Waals surface area contributed by atoms with Gasteiger partial charge in [-0.2, -0.15) is 0 Å². The van der Waals surface area contributed by atoms with Gasteiger partial charge in [-0.25, -0.2) is 8.42 Å². The standard InChI is InChI=1S/C33H42N4O6S/c1-5-6-29(42-3)21-24(2)23-36-17-13-26(14-18-36)35-32(38)25-7-12-31(34-22-25)33(39)37-19-15-28(16-20-37)43-27-8-10-30(11-9-27)44(4,40)41/h5-12,21-22,26,28H,2,13-20,23H2,1,3-4H3,(H,35,38)/b6-5-,29-21+. The number of hydrogen-bond donors (Lipinski definition) is 1. The second kappa shape index (κ2) is 15.2. The molecule has 0 spiro atoms. The number of carbonyl (C=O) groups is 2. The summed E-state index contributed by atoms with van der Waals surface area (Å²) < 4.78 is 34.6. The zero-order chi connectivity index (χ0) is 31.7. The van der Waals surface area contributed by atoms with Gasteiger partial charge in [0.15, 0.2) is 9.84 Å². The number of sulfone groups is 1. The van der Waals surface area contributed by atoms with Crippen molar-refractivity contribution in [3.8, 4) is 5.75 Å². The molecule has 2 aliphatic heterocycles. The Morgan fingerprint density at radius 2 is 1.73 bits per heavy atom. The van der Waals surface area contributed by atoms with Crippen molar-refractivity contribution in [1.82, 2.24) is 20.1 Å². The topological polar surface area (TPSA) is 118 Å². The summed E-state index contributed by atoms with van der Waals surface area (Å²) in [4.78, 5) is 34.5. The molecule has 3 heterocycles. The van der Waals surface area contributed by atoms with E-state index in [4.69, 9.17) is 9.47 Å². The van der Waals surface area contributed by atoms with E-state index in [0.717, 1.165) is 43.8 Å². The zero-order valence-corrected chi connectivity index (χ0v) is 26.5. The minimum atomic E-state index is -3.26. The van der Waals surface area contributed by atoms with Gasteiger partial charge in [0.25, 0.3) is 11.8 Å². The first kappa shape index (κ1) is 32.9. The molecule has 0 bridgehead atoms. The van der Waals surface area contributed by atoms with Gasteiger partial charge >= 0.3 is 0 Å². The number of nitrogens with one attached hydrogen (secondary N) is 1. The number of rotatable bonds is 11. The summed E-state index contributed by atoms with van der Waals surface area (Å²) in [6, 6.07) is 9.69. The molecule has 0 unspecified atom stereocenters. The Morgan fingerprint density at radius 1 is 1.05 bits per heavy atom. The monoisotopic (exact) mass is 622 g/mol. The summed E-state index contributed by atoms with van der Waals surface area (Å²) in [7, 11) is -1.62. The summed E-state index contributed by atoms with van der Waals surface area (Å²) in [5.74, 6) is 0.998. The van der Waals surface area contributed by atoms with Gasteiger partial charge in [-0.15, -0.1) is 0 Å². The van der Waals surface area contributed by atoms with E-state index in [1.54, 1.807) is 36.3 Å². The number of hydrogen-bond acceptors (Lipinski definition) is 8. The molecule has 0 atom stereocenters. The highest BCUT2D eigenvalue weighted by Crippen LogP contribution is 2.22. The van der Waals surface area contributed by atoms with Crippen LogP contribution in [-0.2, 0) is 14.6 Å². The number of amides is 2. The van der Waals surface area contributed by atoms with E-state index in [2.05, 4.69) is 21.8 Å². The Labute approximate surface area is 260 Å². The summed E-state index contributed by atoms with van der Waals surface area (Å²) in [6.45, 7) is 9.57. The lowest BCUT2D eigenvalue weighted by Crippen LogP contribution is -2.45. The highest BCUT2D eigenvalue weighted by Gasteiger charge is 2.26. The number of nitrogens with zero attached hydrogens (tertiary/aromatic N) is 3. The maximum atomic E-state index is 13.1. The van der Waals surface area contributed by atoms with E-state index in [0.29, 0.717) is 42.9 Å². The van der Waals surface area contributed by atoms with E-state index in [9.17, 15) is 18.0 Å². The number of allylic oxidation sites excluding steroid dienone is 2. The van der Waals surface area contributed by atoms with Crippen LogP contribution in [0, 0.1) is 0 Å². The Balaban J connectivity index is 1.20. The highest BCUT2D eigenvalue weighted by atomic mass is 32.2. The molecule has 2 amide bonds. The fraction of sp³-hybridized carbons (Fsp3) is 0.424. The normalized spacial score (nSPS) is 17.4. The molecule has 2 fully saturated rings. The summed E-state index contributed by atoms with van der Waals surface area (Å²) in [5, 5.41) is 3.11. The van der Waals surface area contributed by atoms with Crippen LogP contribution in [0.4, 0.5) is 0 Å². The third-order valence-electron chi connectivity index (χ3n) is 7.79. The van der Waals surface area contributed by atoms with Crippen LogP contribution in [0.5, 0.6) is 5.75 Å². The highest BCUT2D eigenvalue weighted by molar-refractivity contribution is 7.90. The predicted octanol–water partition coefficient (Wildman–Crippen LogP) is 4.03. The summed E-state index contributed by atoms with van der Waals surface area (Å²) in [6.07, 6.45) is 11.3. The minimum Gasteiger partial charge on any atom is -0.497 e. The van der Waals surface area contributed by atoms with Crippen molar-refractivity contribution < 1.29 is 27.5 Å². The number of ether oxygens (including phenoxy) is 2. The van der Waals surface area contributed by atoms with E-state index in [1.807, 2.05) is 25.2 Å². The first-order valence-corrected chi connectivity index (χ1v) is 16.8. The third-order valence-corrected chi connectivity index (χ3v) is 8.92. The van der Waals surface area contributed by atoms with Crippen LogP contribution in [0.1, 0.15) is 53.5 Å². The molecular weight excluding hydrogens is 580 g/mol. The van der Waals surface area contributed by atoms with Crippen molar-refractivity contribution in [3.05, 3.63) is 90.0 Å². The summed E-state index contributed by atoms with van der Waals surface area (Å²) in [5.41, 5.74) is 1.69. The average molecular weight is 623 g/mol. The van der Waals surface area contributed by atoms with Crippen molar-refractivity contribution in [3.63, 3.8) is 0 Å². The van der Waals surface area contributed by atoms with Crippen LogP contribution >= 0.6 is 0 Å². The number of benzene rings is 1. The lowest BCUT2D eigenvalue weighted by atomic mass is 10.0. The predicted molar refractivity (Wildman–Crippen MR) is 169 cm³/mol. The fourth-order valence-corrected chi connectivity index (χ4v) is 5.96. The molecular formula is C33H42N4O6S. The van der Waals surface area contributed by atoms with Crippen molar-refractivity contribution >= 4 is 21.7 Å². The molecule has 10 nitrogen and oxygen atoms in total. The van der Waals surface area contributed by atoms with Crippen molar-refractivity contribution in [2.75, 3.05) is 46.1 Å². The Kier molecular flexibility index (Phi) is 11.4. The first-order chi connectivity index (χ1) is 21.0. The number of methoxy groups -OCH3 is 1. The molecule has 4 rings (SSSR count). The van der Waals surface area contributed by atoms with Gasteiger partial charge < -0.3 is 19.7 Å². The molecule has 2 aliphatic rings. The Bertz CT molecular complexity index is 1470. The smallest absolute Gasteiger partial charge is 0.272 e. The number of likely N-dealkylation sites (tertiary alicyclic amines) is 2. The molecule has 1 aromatic carbocycles. The van der Waals surface area contributed by atoms with E-state index in [1.165, 1.54) is 24.6 Å². The van der Waals surface area contributed by atoms with Crippen LogP contribution in [0.25, 0.3) is 0 Å². The van der Waals surface area contributed by atoms with Gasteiger partial charge in [0, 0.05) is 64.1 Å². The average Bonchev–Trinajstić information content (AvgIpc) is 3.01. The van der Waals surface area contributed by atoms with Crippen LogP contribution in [0.3, 0.4) is 0 Å². The van der Waals surface area contributed by atoms with Gasteiger partial charge in [-0.3, -0.25) is 19.5 Å². The molecule has 236 valence electrons. The largest absolute Gasteiger partial charge is 0.497 e. The molecule has 44 heavy (non-hydrogen) atoms. The van der Waals surface area contributed by atoms with Gasteiger partial charge in [0.2, 0.25) is 0 Å². The molecule has 0 aliphatic carbocycles. The second-order valence-corrected chi connectivity index (χ2v) is 13.2. The van der Waals surface area contributed by atoms with E-state index >= 15 is 0 Å². The number of piperidine rings is 2. The third kappa shape index (κ3) is 9.27. The molecule has 1 aromatic heterocycles. The van der Waals surface area contributed by atoms with Gasteiger partial charge in [-0.05, 0) is 73.9 Å². The lowest BCUT2D eigenvalue weighted by Gasteiger charge is -2.32. The van der Waals surface area contributed by atoms with Gasteiger partial charge in [0.1, 0.15) is 23.3 Å². The molecule has 0 saturated carbocycles. The molecule has 2 saturated heterocycles. The van der Waals surface area contributed by atoms with Crippen LogP contribution in [0.2, 0.25) is 0 Å². The number of aromatic nitrogens is 1. The Hall–Kier alpha value is -3.96. The van der Waals surface area contributed by atoms with Crippen LogP contribution in [-0.4, -0.2) is 93.3 Å². The SMILES string of the molecule is C=C(/C=C(\C=C/C)OC)CN1CCC(NC(=O)c2ccc(C(=O)N3CCC(Oc4ccc(S(C)(=O)=O)cc4)CC3)nc2)CC1. The van der Waals surface area contributed by atoms with Crippen molar-refractivity contribution in [1.29, 1.82) is 0 Å². The molecule has 0 radical (unpaired) electrons. The maximum Gasteiger partial charge on any atom is 0.272 e. The maximum absolute atomic E-state index is 13.1. The van der Waals surface area contributed by atoms with Gasteiger partial charge in [-0.1, -0.05) is 12.7 Å². The lowest BCUT2D eigenvalue weighted by molar-refractivity contribution is 0.0589. The number of carbonyl (C=O) groups excluding carboxylic acids is 2. The van der Waals surface area contributed by atoms with E-state index < -0.39 is 9.84 Å². The number of pyridine rings is 1. The van der Waals surface area contributed by atoms with E-state index in [-0.39, 0.29) is 28.9 Å². The van der Waals surface area contributed by atoms with Crippen molar-refractivity contribution in [2.45, 2.75) is 49.6 Å². The minimum absolute atomic E-state index is 0.0718. The first-order valence-electron chi connectivity index (χ1n) is 14.9. The quantitative estimate of drug-likeness (QED) is 0.295. The fourth-order valence-electron chi connectivity index (χ4n) is 5.33. The van der Waals surface area contributed by atoms with Crippen molar-refractivity contribution in [2.24, 2.45) is 0 Å². The Morgan fingerprint density at radius 3 is 2.30 bits per heavy atom. The molecule has 1 N–H and O–H groups in total. The van der Waals surface area contributed by atoms with Gasteiger partial charge in [0.05, 0.1) is 17.6 Å². The second-order valence-electron chi connectivity index (χ2n) is 11.2. The zero-order valence-electron chi connectivity index (χ0n) is 25.7. The molecule has 2 aromatic rings. The summed E-state index contributed by atoms with van der Waals surface area (Å²) >= 11 is 0. The van der Waals surface area contributed by atoms with Crippen LogP contribution in [0.15, 0.2) is 83.6 Å². The van der Waals surface area contributed by atoms with Crippen LogP contribution < -0.4 is 10.1 Å². The molecule has 11 heteroatoms.